The van der Waals surface area contributed by atoms with Crippen LogP contribution in [0.3, 0.4) is 0 Å². The number of hydrogen-bond donors (Lipinski definition) is 3. The number of carbonyl (C=O) groups is 4. The first-order chi connectivity index (χ1) is 13.6. The van der Waals surface area contributed by atoms with Crippen LogP contribution in [0.5, 0.6) is 0 Å². The van der Waals surface area contributed by atoms with Crippen molar-refractivity contribution in [2.75, 3.05) is 0 Å². The lowest BCUT2D eigenvalue weighted by Crippen LogP contribution is -2.51. The predicted molar refractivity (Wildman–Crippen MR) is 104 cm³/mol. The topological polar surface area (TPSA) is 121 Å². The van der Waals surface area contributed by atoms with E-state index in [-0.39, 0.29) is 17.4 Å². The molecule has 1 spiro atoms. The number of rotatable bonds is 4. The van der Waals surface area contributed by atoms with Gasteiger partial charge in [0, 0.05) is 5.69 Å². The van der Waals surface area contributed by atoms with Crippen LogP contribution in [0, 0.1) is 19.8 Å². The minimum Gasteiger partial charge on any atom is -0.459 e. The molecule has 2 heterocycles. The van der Waals surface area contributed by atoms with Crippen LogP contribution in [0.25, 0.3) is 0 Å². The molecule has 1 saturated heterocycles. The summed E-state index contributed by atoms with van der Waals surface area (Å²) in [5.41, 5.74) is 2.71. The van der Waals surface area contributed by atoms with Gasteiger partial charge in [0.1, 0.15) is 11.2 Å². The van der Waals surface area contributed by atoms with Crippen LogP contribution < -0.4 is 10.7 Å². The molecule has 1 aromatic rings. The predicted octanol–water partition coefficient (Wildman–Crippen LogP) is 2.34. The Kier molecular flexibility index (Phi) is 5.42. The molecule has 9 heteroatoms. The molecule has 0 atom stereocenters. The van der Waals surface area contributed by atoms with E-state index in [1.165, 1.54) is 0 Å². The minimum atomic E-state index is -0.941. The van der Waals surface area contributed by atoms with Crippen molar-refractivity contribution in [2.45, 2.75) is 71.9 Å². The number of nitrogens with one attached hydrogen (secondary N) is 3. The zero-order chi connectivity index (χ0) is 21.5. The first-order valence-corrected chi connectivity index (χ1v) is 9.93. The SMILES string of the molecule is Cc1[nH]c(C(=O)NN2C(=O)NC3(CCC(C)CC3)C2=O)c(C)c1C(=O)OC(C)C. The van der Waals surface area contributed by atoms with Gasteiger partial charge in [-0.2, -0.15) is 5.01 Å². The van der Waals surface area contributed by atoms with Gasteiger partial charge in [-0.25, -0.2) is 9.59 Å². The highest BCUT2D eigenvalue weighted by Crippen LogP contribution is 2.35. The fourth-order valence-corrected chi connectivity index (χ4v) is 4.03. The fourth-order valence-electron chi connectivity index (χ4n) is 4.03. The number of imide groups is 1. The van der Waals surface area contributed by atoms with Gasteiger partial charge in [0.05, 0.1) is 11.7 Å². The van der Waals surface area contributed by atoms with E-state index in [1.807, 2.05) is 0 Å². The van der Waals surface area contributed by atoms with Crippen LogP contribution in [0.1, 0.15) is 78.6 Å². The average molecular weight is 404 g/mol. The highest BCUT2D eigenvalue weighted by molar-refractivity contribution is 6.09. The van der Waals surface area contributed by atoms with Crippen molar-refractivity contribution >= 4 is 23.8 Å². The molecule has 1 aliphatic carbocycles. The molecule has 2 aliphatic rings. The number of hydrazine groups is 1. The third-order valence-electron chi connectivity index (χ3n) is 5.71. The zero-order valence-corrected chi connectivity index (χ0v) is 17.5. The molecular weight excluding hydrogens is 376 g/mol. The summed E-state index contributed by atoms with van der Waals surface area (Å²) < 4.78 is 5.22. The summed E-state index contributed by atoms with van der Waals surface area (Å²) in [4.78, 5) is 53.2. The second-order valence-electron chi connectivity index (χ2n) is 8.36. The summed E-state index contributed by atoms with van der Waals surface area (Å²) in [6.07, 6.45) is 2.48. The number of hydrogen-bond acceptors (Lipinski definition) is 5. The van der Waals surface area contributed by atoms with Crippen molar-refractivity contribution < 1.29 is 23.9 Å². The van der Waals surface area contributed by atoms with Gasteiger partial charge in [-0.1, -0.05) is 6.92 Å². The van der Waals surface area contributed by atoms with E-state index in [0.717, 1.165) is 17.9 Å². The Labute approximate surface area is 169 Å². The van der Waals surface area contributed by atoms with E-state index in [1.54, 1.807) is 27.7 Å². The molecule has 0 bridgehead atoms. The quantitative estimate of drug-likeness (QED) is 0.525. The highest BCUT2D eigenvalue weighted by atomic mass is 16.5. The Morgan fingerprint density at radius 1 is 1.21 bits per heavy atom. The smallest absolute Gasteiger partial charge is 0.344 e. The minimum absolute atomic E-state index is 0.108. The Balaban J connectivity index is 1.78. The summed E-state index contributed by atoms with van der Waals surface area (Å²) in [7, 11) is 0. The second-order valence-corrected chi connectivity index (χ2v) is 8.36. The van der Waals surface area contributed by atoms with Crippen molar-refractivity contribution in [2.24, 2.45) is 5.92 Å². The summed E-state index contributed by atoms with van der Waals surface area (Å²) in [6, 6.07) is -0.640. The summed E-state index contributed by atoms with van der Waals surface area (Å²) >= 11 is 0. The van der Waals surface area contributed by atoms with Crippen molar-refractivity contribution in [3.05, 3.63) is 22.5 Å². The van der Waals surface area contributed by atoms with E-state index in [9.17, 15) is 19.2 Å². The molecule has 2 fully saturated rings. The zero-order valence-electron chi connectivity index (χ0n) is 17.5. The Morgan fingerprint density at radius 3 is 2.41 bits per heavy atom. The van der Waals surface area contributed by atoms with Crippen molar-refractivity contribution in [1.29, 1.82) is 0 Å². The van der Waals surface area contributed by atoms with Crippen molar-refractivity contribution in [3.63, 3.8) is 0 Å². The van der Waals surface area contributed by atoms with Gasteiger partial charge >= 0.3 is 12.0 Å². The Morgan fingerprint density at radius 2 is 1.83 bits per heavy atom. The molecule has 1 aliphatic heterocycles. The lowest BCUT2D eigenvalue weighted by molar-refractivity contribution is -0.134. The maximum absolute atomic E-state index is 12.9. The molecule has 29 heavy (non-hydrogen) atoms. The van der Waals surface area contributed by atoms with E-state index in [0.29, 0.717) is 30.0 Å². The molecular formula is C20H28N4O5. The van der Waals surface area contributed by atoms with Crippen molar-refractivity contribution in [3.8, 4) is 0 Å². The van der Waals surface area contributed by atoms with Gasteiger partial charge in [0.2, 0.25) is 0 Å². The lowest BCUT2D eigenvalue weighted by Gasteiger charge is -2.33. The standard InChI is InChI=1S/C20H28N4O5/c1-10(2)29-17(26)14-12(4)15(21-13(14)5)16(25)23-24-18(27)20(22-19(24)28)8-6-11(3)7-9-20/h10-11,21H,6-9H2,1-5H3,(H,22,28)(H,23,25). The van der Waals surface area contributed by atoms with Gasteiger partial charge < -0.3 is 15.0 Å². The molecule has 9 nitrogen and oxygen atoms in total. The number of esters is 1. The molecule has 0 aromatic carbocycles. The molecule has 3 N–H and O–H groups in total. The number of nitrogens with zero attached hydrogens (tertiary/aromatic N) is 1. The number of carbonyl (C=O) groups excluding carboxylic acids is 4. The van der Waals surface area contributed by atoms with Crippen LogP contribution in [0.15, 0.2) is 0 Å². The van der Waals surface area contributed by atoms with Crippen LogP contribution in [0.4, 0.5) is 4.79 Å². The largest absolute Gasteiger partial charge is 0.459 e. The molecule has 1 saturated carbocycles. The van der Waals surface area contributed by atoms with Crippen LogP contribution >= 0.6 is 0 Å². The molecule has 3 rings (SSSR count). The number of urea groups is 1. The van der Waals surface area contributed by atoms with E-state index in [4.69, 9.17) is 4.74 Å². The Hall–Kier alpha value is -2.84. The third-order valence-corrected chi connectivity index (χ3v) is 5.71. The number of H-pyrrole nitrogens is 1. The second kappa shape index (κ2) is 7.53. The maximum atomic E-state index is 12.9. The summed E-state index contributed by atoms with van der Waals surface area (Å²) in [5, 5.41) is 3.51. The molecule has 0 unspecified atom stereocenters. The van der Waals surface area contributed by atoms with Gasteiger partial charge in [-0.15, -0.1) is 0 Å². The summed E-state index contributed by atoms with van der Waals surface area (Å²) in [5.74, 6) is -1.14. The van der Waals surface area contributed by atoms with E-state index < -0.39 is 29.4 Å². The van der Waals surface area contributed by atoms with Crippen LogP contribution in [0.2, 0.25) is 0 Å². The van der Waals surface area contributed by atoms with E-state index >= 15 is 0 Å². The number of aromatic amines is 1. The maximum Gasteiger partial charge on any atom is 0.344 e. The van der Waals surface area contributed by atoms with Gasteiger partial charge in [-0.3, -0.25) is 15.0 Å². The number of aryl methyl sites for hydroxylation is 1. The number of amides is 4. The third kappa shape index (κ3) is 3.73. The molecule has 1 aromatic heterocycles. The monoisotopic (exact) mass is 404 g/mol. The first-order valence-electron chi connectivity index (χ1n) is 9.93. The normalized spacial score (nSPS) is 24.2. The fraction of sp³-hybridized carbons (Fsp3) is 0.600. The highest BCUT2D eigenvalue weighted by Gasteiger charge is 2.53. The number of ether oxygens (including phenoxy) is 1. The average Bonchev–Trinajstić information content (AvgIpc) is 3.05. The van der Waals surface area contributed by atoms with E-state index in [2.05, 4.69) is 22.7 Å². The Bertz CT molecular complexity index is 864. The first kappa shape index (κ1) is 20.9. The number of aromatic nitrogens is 1. The van der Waals surface area contributed by atoms with Gasteiger partial charge in [0.25, 0.3) is 11.8 Å². The van der Waals surface area contributed by atoms with Crippen LogP contribution in [-0.2, 0) is 9.53 Å². The van der Waals surface area contributed by atoms with Crippen molar-refractivity contribution in [1.82, 2.24) is 20.7 Å². The lowest BCUT2D eigenvalue weighted by atomic mass is 9.77. The summed E-state index contributed by atoms with van der Waals surface area (Å²) in [6.45, 7) is 8.87. The molecule has 158 valence electrons. The molecule has 4 amide bonds. The van der Waals surface area contributed by atoms with Gasteiger partial charge in [0.15, 0.2) is 0 Å². The van der Waals surface area contributed by atoms with Crippen LogP contribution in [-0.4, -0.2) is 45.5 Å². The van der Waals surface area contributed by atoms with Gasteiger partial charge in [-0.05, 0) is 64.9 Å². The molecule has 0 radical (unpaired) electrons.